The van der Waals surface area contributed by atoms with Crippen molar-refractivity contribution in [2.24, 2.45) is 0 Å². The summed E-state index contributed by atoms with van der Waals surface area (Å²) >= 11 is 5.55. The molecule has 62 valence electrons. The molecule has 0 saturated heterocycles. The van der Waals surface area contributed by atoms with Crippen molar-refractivity contribution in [1.82, 2.24) is 0 Å². The van der Waals surface area contributed by atoms with Crippen molar-refractivity contribution < 1.29 is 4.39 Å². The highest BCUT2D eigenvalue weighted by molar-refractivity contribution is 6.33. The molecule has 0 unspecified atom stereocenters. The molecule has 0 radical (unpaired) electrons. The molecule has 11 heavy (non-hydrogen) atoms. The van der Waals surface area contributed by atoms with E-state index in [1.165, 1.54) is 12.1 Å². The second-order valence-electron chi connectivity index (χ2n) is 2.12. The van der Waals surface area contributed by atoms with E-state index in [1.54, 1.807) is 6.92 Å². The van der Waals surface area contributed by atoms with Gasteiger partial charge in [-0.3, -0.25) is 0 Å². The molecule has 1 rings (SSSR count). The Hall–Kier alpha value is -0.470. The molecule has 1 nitrogen and oxygen atoms in total. The van der Waals surface area contributed by atoms with Crippen molar-refractivity contribution in [3.05, 3.63) is 28.5 Å². The monoisotopic (exact) mass is 195 g/mol. The van der Waals surface area contributed by atoms with Gasteiger partial charge in [-0.2, -0.15) is 0 Å². The Bertz CT molecular complexity index is 240. The molecule has 0 amide bonds. The average Bonchev–Trinajstić information content (AvgIpc) is 1.82. The van der Waals surface area contributed by atoms with Crippen LogP contribution in [0.1, 0.15) is 5.56 Å². The summed E-state index contributed by atoms with van der Waals surface area (Å²) in [6.07, 6.45) is 0. The maximum absolute atomic E-state index is 12.5. The lowest BCUT2D eigenvalue weighted by molar-refractivity contribution is 0.627. The van der Waals surface area contributed by atoms with Crippen LogP contribution in [0.4, 0.5) is 10.1 Å². The van der Waals surface area contributed by atoms with E-state index in [-0.39, 0.29) is 23.2 Å². The van der Waals surface area contributed by atoms with Gasteiger partial charge in [-0.1, -0.05) is 11.6 Å². The number of nitrogens with two attached hydrogens (primary N) is 1. The lowest BCUT2D eigenvalue weighted by Gasteiger charge is -2.00. The van der Waals surface area contributed by atoms with E-state index in [4.69, 9.17) is 17.3 Å². The number of benzene rings is 1. The zero-order valence-corrected chi connectivity index (χ0v) is 7.47. The van der Waals surface area contributed by atoms with E-state index >= 15 is 0 Å². The molecular formula is C7H8Cl2FN. The van der Waals surface area contributed by atoms with E-state index in [1.807, 2.05) is 0 Å². The number of hydrogen-bond acceptors (Lipinski definition) is 1. The highest BCUT2D eigenvalue weighted by Gasteiger charge is 2.01. The van der Waals surface area contributed by atoms with Crippen LogP contribution in [-0.2, 0) is 0 Å². The summed E-state index contributed by atoms with van der Waals surface area (Å²) in [6, 6.07) is 2.55. The van der Waals surface area contributed by atoms with Gasteiger partial charge in [0.1, 0.15) is 5.82 Å². The van der Waals surface area contributed by atoms with Crippen molar-refractivity contribution in [2.45, 2.75) is 6.92 Å². The summed E-state index contributed by atoms with van der Waals surface area (Å²) in [6.45, 7) is 1.71. The van der Waals surface area contributed by atoms with Gasteiger partial charge in [0.2, 0.25) is 0 Å². The van der Waals surface area contributed by atoms with Crippen LogP contribution in [0, 0.1) is 12.7 Å². The minimum absolute atomic E-state index is 0. The first-order chi connectivity index (χ1) is 4.61. The predicted molar refractivity (Wildman–Crippen MR) is 47.8 cm³/mol. The highest BCUT2D eigenvalue weighted by Crippen LogP contribution is 2.22. The van der Waals surface area contributed by atoms with Crippen LogP contribution in [0.3, 0.4) is 0 Å². The largest absolute Gasteiger partial charge is 0.397 e. The third-order valence-corrected chi connectivity index (χ3v) is 1.61. The molecule has 0 heterocycles. The highest BCUT2D eigenvalue weighted by atomic mass is 35.5. The maximum atomic E-state index is 12.5. The number of aryl methyl sites for hydroxylation is 1. The summed E-state index contributed by atoms with van der Waals surface area (Å²) in [5.74, 6) is -0.350. The van der Waals surface area contributed by atoms with E-state index < -0.39 is 0 Å². The molecule has 4 heteroatoms. The van der Waals surface area contributed by atoms with Crippen LogP contribution >= 0.6 is 24.0 Å². The number of anilines is 1. The molecule has 1 aromatic rings. The van der Waals surface area contributed by atoms with Gasteiger partial charge in [-0.15, -0.1) is 12.4 Å². The molecule has 0 atom stereocenters. The Morgan fingerprint density at radius 3 is 2.45 bits per heavy atom. The van der Waals surface area contributed by atoms with E-state index in [2.05, 4.69) is 0 Å². The van der Waals surface area contributed by atoms with Gasteiger partial charge in [0.05, 0.1) is 10.7 Å². The van der Waals surface area contributed by atoms with E-state index in [0.29, 0.717) is 11.3 Å². The van der Waals surface area contributed by atoms with Crippen LogP contribution in [-0.4, -0.2) is 0 Å². The summed E-state index contributed by atoms with van der Waals surface area (Å²) in [4.78, 5) is 0. The number of hydrogen-bond donors (Lipinski definition) is 1. The van der Waals surface area contributed by atoms with Gasteiger partial charge < -0.3 is 5.73 Å². The Morgan fingerprint density at radius 1 is 1.45 bits per heavy atom. The third-order valence-electron chi connectivity index (χ3n) is 1.30. The lowest BCUT2D eigenvalue weighted by atomic mass is 10.2. The quantitative estimate of drug-likeness (QED) is 0.634. The topological polar surface area (TPSA) is 26.0 Å². The zero-order valence-electron chi connectivity index (χ0n) is 5.90. The molecule has 2 N–H and O–H groups in total. The van der Waals surface area contributed by atoms with E-state index in [0.717, 1.165) is 0 Å². The molecule has 0 saturated carbocycles. The van der Waals surface area contributed by atoms with Gasteiger partial charge in [-0.05, 0) is 24.6 Å². The van der Waals surface area contributed by atoms with Crippen molar-refractivity contribution in [1.29, 1.82) is 0 Å². The molecule has 0 aromatic heterocycles. The number of halogens is 3. The molecular weight excluding hydrogens is 188 g/mol. The van der Waals surface area contributed by atoms with Crippen molar-refractivity contribution in [3.8, 4) is 0 Å². The van der Waals surface area contributed by atoms with Crippen LogP contribution < -0.4 is 5.73 Å². The Kier molecular flexibility index (Phi) is 3.63. The SMILES string of the molecule is Cc1cc(F)cc(Cl)c1N.Cl. The summed E-state index contributed by atoms with van der Waals surface area (Å²) in [5.41, 5.74) is 6.57. The first kappa shape index (κ1) is 10.5. The molecule has 1 aromatic carbocycles. The Balaban J connectivity index is 0.000001000. The molecule has 0 bridgehead atoms. The van der Waals surface area contributed by atoms with Crippen LogP contribution in [0.5, 0.6) is 0 Å². The first-order valence-corrected chi connectivity index (χ1v) is 3.20. The first-order valence-electron chi connectivity index (χ1n) is 2.82. The van der Waals surface area contributed by atoms with Gasteiger partial charge in [0, 0.05) is 0 Å². The molecule has 0 fully saturated rings. The minimum Gasteiger partial charge on any atom is -0.397 e. The van der Waals surface area contributed by atoms with Crippen LogP contribution in [0.25, 0.3) is 0 Å². The summed E-state index contributed by atoms with van der Waals surface area (Å²) in [5, 5.41) is 0.275. The molecule has 0 aliphatic carbocycles. The second kappa shape index (κ2) is 3.79. The van der Waals surface area contributed by atoms with Gasteiger partial charge in [0.25, 0.3) is 0 Å². The fourth-order valence-corrected chi connectivity index (χ4v) is 0.967. The van der Waals surface area contributed by atoms with Gasteiger partial charge in [0.15, 0.2) is 0 Å². The van der Waals surface area contributed by atoms with Gasteiger partial charge in [-0.25, -0.2) is 4.39 Å². The Morgan fingerprint density at radius 2 is 2.00 bits per heavy atom. The van der Waals surface area contributed by atoms with Gasteiger partial charge >= 0.3 is 0 Å². The smallest absolute Gasteiger partial charge is 0.125 e. The average molecular weight is 196 g/mol. The van der Waals surface area contributed by atoms with Crippen LogP contribution in [0.2, 0.25) is 5.02 Å². The van der Waals surface area contributed by atoms with Crippen molar-refractivity contribution in [2.75, 3.05) is 5.73 Å². The summed E-state index contributed by atoms with van der Waals surface area (Å²) in [7, 11) is 0. The number of nitrogen functional groups attached to an aromatic ring is 1. The number of rotatable bonds is 0. The standard InChI is InChI=1S/C7H7ClFN.ClH/c1-4-2-5(9)3-6(8)7(4)10;/h2-3H,10H2,1H3;1H. The predicted octanol–water partition coefficient (Wildman–Crippen LogP) is 2.79. The molecule has 0 aliphatic heterocycles. The Labute approximate surface area is 75.8 Å². The fourth-order valence-electron chi connectivity index (χ4n) is 0.713. The zero-order chi connectivity index (χ0) is 7.72. The fraction of sp³-hybridized carbons (Fsp3) is 0.143. The van der Waals surface area contributed by atoms with E-state index in [9.17, 15) is 4.39 Å². The summed E-state index contributed by atoms with van der Waals surface area (Å²) < 4.78 is 12.5. The third kappa shape index (κ3) is 2.24. The lowest BCUT2D eigenvalue weighted by Crippen LogP contribution is -1.91. The minimum atomic E-state index is -0.350. The van der Waals surface area contributed by atoms with Crippen molar-refractivity contribution >= 4 is 29.7 Å². The van der Waals surface area contributed by atoms with Crippen molar-refractivity contribution in [3.63, 3.8) is 0 Å². The van der Waals surface area contributed by atoms with Crippen LogP contribution in [0.15, 0.2) is 12.1 Å². The molecule has 0 aliphatic rings. The molecule has 0 spiro atoms. The normalized spacial score (nSPS) is 9.00. The second-order valence-corrected chi connectivity index (χ2v) is 2.53. The maximum Gasteiger partial charge on any atom is 0.125 e.